The number of hydrogen-bond donors (Lipinski definition) is 4. The minimum atomic E-state index is -1.53. The van der Waals surface area contributed by atoms with E-state index in [-0.39, 0.29) is 17.1 Å². The maximum absolute atomic E-state index is 13.3. The Labute approximate surface area is 230 Å². The topological polar surface area (TPSA) is 182 Å². The van der Waals surface area contributed by atoms with E-state index in [0.717, 1.165) is 9.13 Å². The van der Waals surface area contributed by atoms with Crippen LogP contribution in [-0.2, 0) is 0 Å². The lowest BCUT2D eigenvalue weighted by molar-refractivity contribution is 0.408. The molecule has 3 heterocycles. The van der Waals surface area contributed by atoms with Gasteiger partial charge >= 0.3 is 11.4 Å². The number of methoxy groups -OCH3 is 2. The van der Waals surface area contributed by atoms with Crippen LogP contribution in [-0.4, -0.2) is 48.5 Å². The van der Waals surface area contributed by atoms with Crippen molar-refractivity contribution in [2.24, 2.45) is 0 Å². The van der Waals surface area contributed by atoms with E-state index in [2.05, 4.69) is 15.0 Å². The predicted octanol–water partition coefficient (Wildman–Crippen LogP) is 1.37. The highest BCUT2D eigenvalue weighted by molar-refractivity contribution is 5.51. The Morgan fingerprint density at radius 1 is 0.683 bits per heavy atom. The maximum atomic E-state index is 13.3. The number of aromatic hydroxyl groups is 2. The smallest absolute Gasteiger partial charge is 0.335 e. The normalized spacial score (nSPS) is 11.0. The van der Waals surface area contributed by atoms with Crippen molar-refractivity contribution in [3.8, 4) is 34.6 Å². The molecule has 0 unspecified atom stereocenters. The highest BCUT2D eigenvalue weighted by Gasteiger charge is 2.33. The molecule has 0 spiro atoms. The van der Waals surface area contributed by atoms with Crippen LogP contribution in [0.5, 0.6) is 23.3 Å². The molecule has 2 aromatic carbocycles. The second-order valence-electron chi connectivity index (χ2n) is 8.75. The van der Waals surface area contributed by atoms with Crippen molar-refractivity contribution >= 4 is 0 Å². The number of nitrogens with zero attached hydrogens (tertiary/aromatic N) is 3. The Hall–Kier alpha value is -5.85. The monoisotopic (exact) mass is 557 g/mol. The number of nitrogens with one attached hydrogen (secondary N) is 2. The molecule has 5 aromatic rings. The summed E-state index contributed by atoms with van der Waals surface area (Å²) in [6, 6.07) is 16.7. The third kappa shape index (κ3) is 4.76. The molecule has 13 nitrogen and oxygen atoms in total. The lowest BCUT2D eigenvalue weighted by atomic mass is 9.90. The minimum Gasteiger partial charge on any atom is -0.497 e. The fraction of sp³-hybridized carbons (Fsp3) is 0.107. The number of hydrogen-bond acceptors (Lipinski definition) is 9. The standard InChI is InChI=1S/C28H23N5O8/c1-40-17-10-6-15(7-11-17)32-25(36)21(23(34)30-27(32)38)20(19-5-3-4-14-29-19)22-24(35)31-28(39)33(26(22)37)16-8-12-18(41-2)13-9-16/h3-14,20,36-37H,1-2H3,(H,30,34,38)(H,31,35,39). The van der Waals surface area contributed by atoms with E-state index in [4.69, 9.17) is 9.47 Å². The van der Waals surface area contributed by atoms with Gasteiger partial charge in [-0.25, -0.2) is 18.7 Å². The summed E-state index contributed by atoms with van der Waals surface area (Å²) < 4.78 is 11.9. The van der Waals surface area contributed by atoms with Gasteiger partial charge < -0.3 is 19.7 Å². The van der Waals surface area contributed by atoms with Gasteiger partial charge in [0.05, 0.1) is 48.3 Å². The molecule has 0 saturated carbocycles. The zero-order valence-corrected chi connectivity index (χ0v) is 21.7. The van der Waals surface area contributed by atoms with E-state index in [0.29, 0.717) is 11.5 Å². The molecular formula is C28H23N5O8. The lowest BCUT2D eigenvalue weighted by Gasteiger charge is -2.21. The summed E-state index contributed by atoms with van der Waals surface area (Å²) in [6.45, 7) is 0. The Morgan fingerprint density at radius 3 is 1.49 bits per heavy atom. The number of rotatable bonds is 7. The van der Waals surface area contributed by atoms with Gasteiger partial charge in [-0.2, -0.15) is 0 Å². The largest absolute Gasteiger partial charge is 0.497 e. The first-order chi connectivity index (χ1) is 19.7. The summed E-state index contributed by atoms with van der Waals surface area (Å²) in [6.07, 6.45) is 1.39. The minimum absolute atomic E-state index is 0.0639. The first-order valence-electron chi connectivity index (χ1n) is 12.1. The van der Waals surface area contributed by atoms with E-state index in [9.17, 15) is 29.4 Å². The molecule has 5 rings (SSSR count). The van der Waals surface area contributed by atoms with Gasteiger partial charge in [0.15, 0.2) is 0 Å². The number of pyridine rings is 1. The molecule has 0 fully saturated rings. The lowest BCUT2D eigenvalue weighted by Crippen LogP contribution is -2.36. The van der Waals surface area contributed by atoms with E-state index in [1.54, 1.807) is 36.4 Å². The van der Waals surface area contributed by atoms with Gasteiger partial charge in [0.2, 0.25) is 11.8 Å². The average Bonchev–Trinajstić information content (AvgIpc) is 2.97. The fourth-order valence-electron chi connectivity index (χ4n) is 4.53. The molecule has 41 heavy (non-hydrogen) atoms. The molecule has 0 aliphatic rings. The van der Waals surface area contributed by atoms with Crippen LogP contribution in [0, 0.1) is 0 Å². The Bertz CT molecular complexity index is 1830. The van der Waals surface area contributed by atoms with Gasteiger partial charge in [0.25, 0.3) is 11.1 Å². The highest BCUT2D eigenvalue weighted by atomic mass is 16.5. The molecule has 0 saturated heterocycles. The third-order valence-electron chi connectivity index (χ3n) is 6.46. The van der Waals surface area contributed by atoms with Gasteiger partial charge in [0, 0.05) is 6.20 Å². The van der Waals surface area contributed by atoms with Crippen LogP contribution in [0.25, 0.3) is 11.4 Å². The molecule has 0 radical (unpaired) electrons. The van der Waals surface area contributed by atoms with E-state index in [1.165, 1.54) is 50.7 Å². The van der Waals surface area contributed by atoms with Crippen molar-refractivity contribution in [2.45, 2.75) is 5.92 Å². The van der Waals surface area contributed by atoms with Crippen LogP contribution < -0.4 is 32.0 Å². The second-order valence-corrected chi connectivity index (χ2v) is 8.75. The van der Waals surface area contributed by atoms with Gasteiger partial charge in [-0.15, -0.1) is 0 Å². The molecule has 3 aromatic heterocycles. The van der Waals surface area contributed by atoms with E-state index < -0.39 is 51.3 Å². The number of H-pyrrole nitrogens is 2. The Morgan fingerprint density at radius 2 is 1.12 bits per heavy atom. The van der Waals surface area contributed by atoms with Crippen LogP contribution in [0.15, 0.2) is 92.1 Å². The number of aromatic nitrogens is 5. The zero-order chi connectivity index (χ0) is 29.3. The van der Waals surface area contributed by atoms with Gasteiger partial charge in [-0.3, -0.25) is 24.5 Å². The Kier molecular flexibility index (Phi) is 7.00. The molecular weight excluding hydrogens is 534 g/mol. The number of aromatic amines is 2. The highest BCUT2D eigenvalue weighted by Crippen LogP contribution is 2.36. The van der Waals surface area contributed by atoms with Crippen molar-refractivity contribution in [1.29, 1.82) is 0 Å². The van der Waals surface area contributed by atoms with Crippen molar-refractivity contribution in [3.63, 3.8) is 0 Å². The molecule has 0 amide bonds. The van der Waals surface area contributed by atoms with Crippen LogP contribution >= 0.6 is 0 Å². The quantitative estimate of drug-likeness (QED) is 0.230. The van der Waals surface area contributed by atoms with E-state index >= 15 is 0 Å². The summed E-state index contributed by atoms with van der Waals surface area (Å²) in [5.41, 5.74) is -4.51. The SMILES string of the molecule is COc1ccc(-n2c(O)c(C(c3ccccn3)c3c(O)n(-c4ccc(OC)cc4)c(=O)[nH]c3=O)c(=O)[nH]c2=O)cc1. The summed E-state index contributed by atoms with van der Waals surface area (Å²) in [5, 5.41) is 22.8. The van der Waals surface area contributed by atoms with Crippen molar-refractivity contribution < 1.29 is 19.7 Å². The molecule has 0 atom stereocenters. The van der Waals surface area contributed by atoms with Crippen molar-refractivity contribution in [1.82, 2.24) is 24.1 Å². The van der Waals surface area contributed by atoms with Crippen molar-refractivity contribution in [3.05, 3.63) is 131 Å². The fourth-order valence-corrected chi connectivity index (χ4v) is 4.53. The maximum Gasteiger partial charge on any atom is 0.335 e. The van der Waals surface area contributed by atoms with Crippen molar-refractivity contribution in [2.75, 3.05) is 14.2 Å². The molecule has 0 aliphatic heterocycles. The molecule has 0 bridgehead atoms. The van der Waals surface area contributed by atoms with Crippen LogP contribution in [0.1, 0.15) is 22.7 Å². The number of ether oxygens (including phenoxy) is 2. The first-order valence-corrected chi connectivity index (χ1v) is 12.1. The average molecular weight is 558 g/mol. The van der Waals surface area contributed by atoms with Gasteiger partial charge in [-0.1, -0.05) is 6.07 Å². The second kappa shape index (κ2) is 10.7. The molecule has 4 N–H and O–H groups in total. The molecule has 208 valence electrons. The Balaban J connectivity index is 1.83. The molecule has 0 aliphatic carbocycles. The first kappa shape index (κ1) is 26.7. The van der Waals surface area contributed by atoms with Gasteiger partial charge in [0.1, 0.15) is 11.5 Å². The van der Waals surface area contributed by atoms with Crippen LogP contribution in [0.2, 0.25) is 0 Å². The molecule has 13 heteroatoms. The predicted molar refractivity (Wildman–Crippen MR) is 147 cm³/mol. The zero-order valence-electron chi connectivity index (χ0n) is 21.7. The third-order valence-corrected chi connectivity index (χ3v) is 6.46. The van der Waals surface area contributed by atoms with E-state index in [1.807, 2.05) is 0 Å². The van der Waals surface area contributed by atoms with Crippen LogP contribution in [0.3, 0.4) is 0 Å². The summed E-state index contributed by atoms with van der Waals surface area (Å²) in [5.74, 6) is -2.18. The van der Waals surface area contributed by atoms with Crippen LogP contribution in [0.4, 0.5) is 0 Å². The summed E-state index contributed by atoms with van der Waals surface area (Å²) >= 11 is 0. The summed E-state index contributed by atoms with van der Waals surface area (Å²) in [7, 11) is 2.92. The van der Waals surface area contributed by atoms with Gasteiger partial charge in [-0.05, 0) is 60.7 Å². The number of benzene rings is 2. The summed E-state index contributed by atoms with van der Waals surface area (Å²) in [4.78, 5) is 60.9.